The minimum absolute atomic E-state index is 0.214. The summed E-state index contributed by atoms with van der Waals surface area (Å²) in [4.78, 5) is 23.8. The lowest BCUT2D eigenvalue weighted by atomic mass is 9.96. The van der Waals surface area contributed by atoms with E-state index in [1.54, 1.807) is 30.3 Å². The third-order valence-electron chi connectivity index (χ3n) is 6.82. The average Bonchev–Trinajstić information content (AvgIpc) is 3.68. The molecule has 6 rings (SSSR count). The highest BCUT2D eigenvalue weighted by molar-refractivity contribution is 6.05. The molecule has 1 fully saturated rings. The molecule has 0 saturated heterocycles. The summed E-state index contributed by atoms with van der Waals surface area (Å²) in [6, 6.07) is 8.50. The molecule has 0 bridgehead atoms. The molecule has 1 aliphatic carbocycles. The highest BCUT2D eigenvalue weighted by Crippen LogP contribution is 2.46. The third kappa shape index (κ3) is 3.54. The predicted molar refractivity (Wildman–Crippen MR) is 125 cm³/mol. The Morgan fingerprint density at radius 3 is 2.82 bits per heavy atom. The van der Waals surface area contributed by atoms with Crippen LogP contribution in [0, 0.1) is 12.7 Å². The number of hydrogen-bond acceptors (Lipinski definition) is 5. The van der Waals surface area contributed by atoms with Gasteiger partial charge in [0, 0.05) is 29.8 Å². The number of aryl methyl sites for hydroxylation is 2. The lowest BCUT2D eigenvalue weighted by Crippen LogP contribution is -2.40. The fraction of sp³-hybridized carbons (Fsp3) is 0.346. The molecule has 2 aromatic heterocycles. The van der Waals surface area contributed by atoms with Crippen molar-refractivity contribution in [3.8, 4) is 11.6 Å². The Morgan fingerprint density at radius 2 is 2.06 bits per heavy atom. The zero-order valence-electron chi connectivity index (χ0n) is 19.1. The number of methoxy groups -OCH3 is 1. The van der Waals surface area contributed by atoms with Crippen molar-refractivity contribution in [2.45, 2.75) is 51.2 Å². The van der Waals surface area contributed by atoms with Gasteiger partial charge in [-0.15, -0.1) is 0 Å². The van der Waals surface area contributed by atoms with Gasteiger partial charge in [0.15, 0.2) is 0 Å². The van der Waals surface area contributed by atoms with Crippen LogP contribution in [-0.4, -0.2) is 23.1 Å². The summed E-state index contributed by atoms with van der Waals surface area (Å²) in [6.45, 7) is 2.42. The van der Waals surface area contributed by atoms with Crippen LogP contribution in [0.2, 0.25) is 0 Å². The molecule has 34 heavy (non-hydrogen) atoms. The molecule has 1 atom stereocenters. The number of carbonyl (C=O) groups excluding carboxylic acids is 1. The van der Waals surface area contributed by atoms with Gasteiger partial charge in [-0.1, -0.05) is 6.07 Å². The smallest absolute Gasteiger partial charge is 0.326 e. The molecule has 0 spiro atoms. The number of nitrogens with one attached hydrogen (secondary N) is 1. The van der Waals surface area contributed by atoms with Gasteiger partial charge >= 0.3 is 6.03 Å². The SMILES string of the molecule is COc1cc2c(c(C3CC3)n1)CN(c1cc3c(cc1C)CCC(c1ncccc1F)O3)C(=O)N2. The number of amides is 2. The molecule has 2 aliphatic heterocycles. The molecule has 1 aromatic carbocycles. The number of benzene rings is 1. The minimum Gasteiger partial charge on any atom is -0.484 e. The molecule has 1 N–H and O–H groups in total. The quantitative estimate of drug-likeness (QED) is 0.562. The van der Waals surface area contributed by atoms with E-state index in [-0.39, 0.29) is 11.8 Å². The highest BCUT2D eigenvalue weighted by Gasteiger charge is 2.35. The lowest BCUT2D eigenvalue weighted by Gasteiger charge is -2.33. The van der Waals surface area contributed by atoms with Crippen LogP contribution in [0.5, 0.6) is 11.6 Å². The number of ether oxygens (including phenoxy) is 2. The van der Waals surface area contributed by atoms with Gasteiger partial charge < -0.3 is 14.8 Å². The van der Waals surface area contributed by atoms with Gasteiger partial charge in [-0.25, -0.2) is 14.2 Å². The average molecular weight is 461 g/mol. The van der Waals surface area contributed by atoms with Gasteiger partial charge in [-0.3, -0.25) is 9.88 Å². The Morgan fingerprint density at radius 1 is 1.21 bits per heavy atom. The number of urea groups is 1. The molecule has 7 nitrogen and oxygen atoms in total. The normalized spacial score (nSPS) is 19.1. The van der Waals surface area contributed by atoms with Crippen molar-refractivity contribution < 1.29 is 18.7 Å². The van der Waals surface area contributed by atoms with Crippen molar-refractivity contribution >= 4 is 17.4 Å². The fourth-order valence-corrected chi connectivity index (χ4v) is 4.91. The summed E-state index contributed by atoms with van der Waals surface area (Å²) in [5, 5.41) is 3.02. The Balaban J connectivity index is 1.35. The first-order valence-electron chi connectivity index (χ1n) is 11.6. The largest absolute Gasteiger partial charge is 0.484 e. The van der Waals surface area contributed by atoms with Gasteiger partial charge in [0.1, 0.15) is 23.4 Å². The molecule has 1 saturated carbocycles. The van der Waals surface area contributed by atoms with Gasteiger partial charge in [0.25, 0.3) is 0 Å². The van der Waals surface area contributed by atoms with E-state index >= 15 is 0 Å². The fourth-order valence-electron chi connectivity index (χ4n) is 4.91. The number of fused-ring (bicyclic) bond motifs is 2. The summed E-state index contributed by atoms with van der Waals surface area (Å²) >= 11 is 0. The van der Waals surface area contributed by atoms with E-state index in [0.29, 0.717) is 36.2 Å². The number of rotatable bonds is 4. The van der Waals surface area contributed by atoms with Crippen LogP contribution in [0.1, 0.15) is 59.4 Å². The van der Waals surface area contributed by atoms with Crippen molar-refractivity contribution in [2.75, 3.05) is 17.3 Å². The Kier molecular flexibility index (Phi) is 4.90. The van der Waals surface area contributed by atoms with E-state index in [1.807, 2.05) is 13.0 Å². The van der Waals surface area contributed by atoms with E-state index in [4.69, 9.17) is 14.5 Å². The molecule has 3 aromatic rings. The minimum atomic E-state index is -0.460. The van der Waals surface area contributed by atoms with Gasteiger partial charge in [0.05, 0.1) is 30.7 Å². The topological polar surface area (TPSA) is 76.6 Å². The van der Waals surface area contributed by atoms with E-state index in [2.05, 4.69) is 16.4 Å². The summed E-state index contributed by atoms with van der Waals surface area (Å²) in [7, 11) is 1.59. The first-order valence-corrected chi connectivity index (χ1v) is 11.6. The van der Waals surface area contributed by atoms with Crippen molar-refractivity contribution in [1.29, 1.82) is 0 Å². The lowest BCUT2D eigenvalue weighted by molar-refractivity contribution is 0.167. The van der Waals surface area contributed by atoms with Crippen molar-refractivity contribution in [2.24, 2.45) is 0 Å². The van der Waals surface area contributed by atoms with Gasteiger partial charge in [0.2, 0.25) is 5.88 Å². The maximum absolute atomic E-state index is 14.3. The van der Waals surface area contributed by atoms with Crippen LogP contribution < -0.4 is 19.7 Å². The number of nitrogens with zero attached hydrogens (tertiary/aromatic N) is 3. The molecular formula is C26H25FN4O3. The first-order chi connectivity index (χ1) is 16.5. The molecule has 1 unspecified atom stereocenters. The zero-order chi connectivity index (χ0) is 23.4. The number of halogens is 1. The van der Waals surface area contributed by atoms with Crippen LogP contribution in [-0.2, 0) is 13.0 Å². The van der Waals surface area contributed by atoms with Crippen LogP contribution in [0.4, 0.5) is 20.6 Å². The molecule has 3 aliphatic rings. The number of hydrogen-bond donors (Lipinski definition) is 1. The van der Waals surface area contributed by atoms with Crippen molar-refractivity contribution in [3.63, 3.8) is 0 Å². The Hall–Kier alpha value is -3.68. The second-order valence-electron chi connectivity index (χ2n) is 9.13. The highest BCUT2D eigenvalue weighted by atomic mass is 19.1. The van der Waals surface area contributed by atoms with E-state index in [9.17, 15) is 9.18 Å². The van der Waals surface area contributed by atoms with Crippen LogP contribution >= 0.6 is 0 Å². The second-order valence-corrected chi connectivity index (χ2v) is 9.13. The van der Waals surface area contributed by atoms with Crippen molar-refractivity contribution in [3.05, 3.63) is 70.4 Å². The molecule has 4 heterocycles. The zero-order valence-corrected chi connectivity index (χ0v) is 19.1. The van der Waals surface area contributed by atoms with Crippen LogP contribution in [0.15, 0.2) is 36.5 Å². The standard InChI is InChI=1S/C26H25FN4O3/c1-14-10-16-7-8-21(25-18(27)4-3-9-28-25)34-22(16)12-20(14)31-13-17-19(29-26(31)32)11-23(33-2)30-24(17)15-5-6-15/h3-4,9-12,15,21H,5-8,13H2,1-2H3,(H,29,32). The summed E-state index contributed by atoms with van der Waals surface area (Å²) in [5.74, 6) is 1.21. The van der Waals surface area contributed by atoms with Crippen molar-refractivity contribution in [1.82, 2.24) is 9.97 Å². The number of anilines is 2. The maximum atomic E-state index is 14.3. The molecular weight excluding hydrogens is 435 g/mol. The Labute approximate surface area is 196 Å². The number of carbonyl (C=O) groups is 1. The molecule has 174 valence electrons. The summed E-state index contributed by atoms with van der Waals surface area (Å²) < 4.78 is 25.9. The molecule has 8 heteroatoms. The van der Waals surface area contributed by atoms with Crippen LogP contribution in [0.3, 0.4) is 0 Å². The molecule has 2 amide bonds. The van der Waals surface area contributed by atoms with E-state index in [1.165, 1.54) is 6.07 Å². The first kappa shape index (κ1) is 20.9. The monoisotopic (exact) mass is 460 g/mol. The summed E-state index contributed by atoms with van der Waals surface area (Å²) in [5.41, 5.74) is 5.89. The van der Waals surface area contributed by atoms with Crippen LogP contribution in [0.25, 0.3) is 0 Å². The Bertz CT molecular complexity index is 1310. The third-order valence-corrected chi connectivity index (χ3v) is 6.82. The maximum Gasteiger partial charge on any atom is 0.326 e. The molecule has 0 radical (unpaired) electrons. The second kappa shape index (κ2) is 7.97. The number of aromatic nitrogens is 2. The van der Waals surface area contributed by atoms with E-state index in [0.717, 1.165) is 53.0 Å². The summed E-state index contributed by atoms with van der Waals surface area (Å²) in [6.07, 6.45) is 4.71. The van der Waals surface area contributed by atoms with Gasteiger partial charge in [-0.05, 0) is 55.9 Å². The number of pyridine rings is 2. The predicted octanol–water partition coefficient (Wildman–Crippen LogP) is 5.43. The van der Waals surface area contributed by atoms with Gasteiger partial charge in [-0.2, -0.15) is 0 Å². The van der Waals surface area contributed by atoms with E-state index < -0.39 is 6.10 Å².